The zero-order valence-corrected chi connectivity index (χ0v) is 12.5. The number of nitrogens with two attached hydrogens (primary N) is 1. The van der Waals surface area contributed by atoms with E-state index in [0.717, 1.165) is 24.1 Å². The molecule has 20 heavy (non-hydrogen) atoms. The van der Waals surface area contributed by atoms with Gasteiger partial charge >= 0.3 is 0 Å². The molecular formula is C16H24N2O2. The summed E-state index contributed by atoms with van der Waals surface area (Å²) in [7, 11) is 0. The second-order valence-corrected chi connectivity index (χ2v) is 6.34. The van der Waals surface area contributed by atoms with E-state index < -0.39 is 0 Å². The molecule has 1 aliphatic rings. The van der Waals surface area contributed by atoms with E-state index in [1.165, 1.54) is 0 Å². The highest BCUT2D eigenvalue weighted by atomic mass is 16.5. The predicted molar refractivity (Wildman–Crippen MR) is 80.7 cm³/mol. The molecule has 1 aromatic rings. The summed E-state index contributed by atoms with van der Waals surface area (Å²) in [6.07, 6.45) is 1.24. The predicted octanol–water partition coefficient (Wildman–Crippen LogP) is 2.43. The smallest absolute Gasteiger partial charge is 0.253 e. The average Bonchev–Trinajstić information content (AvgIpc) is 2.87. The minimum Gasteiger partial charge on any atom is -0.364 e. The van der Waals surface area contributed by atoms with E-state index in [-0.39, 0.29) is 23.5 Å². The van der Waals surface area contributed by atoms with Gasteiger partial charge in [0.05, 0.1) is 6.10 Å². The fraction of sp³-hybridized carbons (Fsp3) is 0.562. The van der Waals surface area contributed by atoms with E-state index >= 15 is 0 Å². The molecule has 2 atom stereocenters. The summed E-state index contributed by atoms with van der Waals surface area (Å²) in [6.45, 7) is 6.87. The molecule has 1 saturated heterocycles. The van der Waals surface area contributed by atoms with Crippen molar-refractivity contribution in [1.29, 1.82) is 0 Å². The Morgan fingerprint density at radius 2 is 2.05 bits per heavy atom. The lowest BCUT2D eigenvalue weighted by molar-refractivity contribution is -0.126. The lowest BCUT2D eigenvalue weighted by atomic mass is 9.86. The van der Waals surface area contributed by atoms with Crippen LogP contribution in [-0.2, 0) is 14.9 Å². The van der Waals surface area contributed by atoms with Crippen molar-refractivity contribution in [2.45, 2.75) is 51.2 Å². The molecule has 1 fully saturated rings. The maximum atomic E-state index is 12.3. The number of para-hydroxylation sites is 1. The molecule has 2 rings (SSSR count). The third-order valence-corrected chi connectivity index (χ3v) is 3.66. The van der Waals surface area contributed by atoms with Crippen molar-refractivity contribution < 1.29 is 9.53 Å². The van der Waals surface area contributed by atoms with Crippen LogP contribution in [0.4, 0.5) is 5.69 Å². The van der Waals surface area contributed by atoms with E-state index in [0.29, 0.717) is 6.54 Å². The van der Waals surface area contributed by atoms with Crippen molar-refractivity contribution in [2.75, 3.05) is 11.9 Å². The van der Waals surface area contributed by atoms with E-state index in [9.17, 15) is 4.79 Å². The molecule has 1 aromatic carbocycles. The molecule has 0 radical (unpaired) electrons. The molecule has 0 spiro atoms. The van der Waals surface area contributed by atoms with Gasteiger partial charge in [-0.15, -0.1) is 0 Å². The van der Waals surface area contributed by atoms with Crippen LogP contribution in [0.3, 0.4) is 0 Å². The standard InChI is InChI=1S/C16H24N2O2/c1-16(2,3)12-6-4-5-7-13(12)18-15(19)14-9-8-11(10-17)20-14/h4-7,11,14H,8-10,17H2,1-3H3,(H,18,19). The van der Waals surface area contributed by atoms with Gasteiger partial charge in [-0.25, -0.2) is 0 Å². The van der Waals surface area contributed by atoms with Gasteiger partial charge in [0, 0.05) is 12.2 Å². The van der Waals surface area contributed by atoms with Crippen LogP contribution in [0.5, 0.6) is 0 Å². The summed E-state index contributed by atoms with van der Waals surface area (Å²) in [5.41, 5.74) is 7.55. The number of benzene rings is 1. The Morgan fingerprint density at radius 3 is 2.65 bits per heavy atom. The van der Waals surface area contributed by atoms with Crippen molar-refractivity contribution in [3.8, 4) is 0 Å². The largest absolute Gasteiger partial charge is 0.364 e. The molecule has 0 bridgehead atoms. The van der Waals surface area contributed by atoms with Gasteiger partial charge in [0.15, 0.2) is 0 Å². The highest BCUT2D eigenvalue weighted by molar-refractivity contribution is 5.95. The molecule has 4 heteroatoms. The Kier molecular flexibility index (Phi) is 4.45. The van der Waals surface area contributed by atoms with Crippen molar-refractivity contribution in [3.63, 3.8) is 0 Å². The average molecular weight is 276 g/mol. The van der Waals surface area contributed by atoms with Gasteiger partial charge in [-0.05, 0) is 29.9 Å². The first-order chi connectivity index (χ1) is 9.41. The van der Waals surface area contributed by atoms with E-state index in [1.807, 2.05) is 24.3 Å². The second-order valence-electron chi connectivity index (χ2n) is 6.34. The highest BCUT2D eigenvalue weighted by Crippen LogP contribution is 2.30. The zero-order valence-electron chi connectivity index (χ0n) is 12.5. The molecule has 0 aromatic heterocycles. The van der Waals surface area contributed by atoms with Crippen LogP contribution in [-0.4, -0.2) is 24.7 Å². The summed E-state index contributed by atoms with van der Waals surface area (Å²) in [6, 6.07) is 7.91. The SMILES string of the molecule is CC(C)(C)c1ccccc1NC(=O)C1CCC(CN)O1. The van der Waals surface area contributed by atoms with Crippen LogP contribution in [0.15, 0.2) is 24.3 Å². The Labute approximate surface area is 120 Å². The van der Waals surface area contributed by atoms with Crippen molar-refractivity contribution in [3.05, 3.63) is 29.8 Å². The van der Waals surface area contributed by atoms with Crippen LogP contribution in [0, 0.1) is 0 Å². The molecule has 4 nitrogen and oxygen atoms in total. The monoisotopic (exact) mass is 276 g/mol. The van der Waals surface area contributed by atoms with Gasteiger partial charge < -0.3 is 15.8 Å². The zero-order chi connectivity index (χ0) is 14.8. The molecule has 110 valence electrons. The Morgan fingerprint density at radius 1 is 1.35 bits per heavy atom. The quantitative estimate of drug-likeness (QED) is 0.891. The van der Waals surface area contributed by atoms with Gasteiger partial charge in [-0.3, -0.25) is 4.79 Å². The summed E-state index contributed by atoms with van der Waals surface area (Å²) in [5, 5.41) is 3.00. The molecular weight excluding hydrogens is 252 g/mol. The first-order valence-electron chi connectivity index (χ1n) is 7.17. The second kappa shape index (κ2) is 5.94. The number of ether oxygens (including phenoxy) is 1. The third-order valence-electron chi connectivity index (χ3n) is 3.66. The molecule has 0 aliphatic carbocycles. The molecule has 3 N–H and O–H groups in total. The highest BCUT2D eigenvalue weighted by Gasteiger charge is 2.30. The van der Waals surface area contributed by atoms with E-state index in [4.69, 9.17) is 10.5 Å². The van der Waals surface area contributed by atoms with Crippen LogP contribution < -0.4 is 11.1 Å². The van der Waals surface area contributed by atoms with Gasteiger partial charge in [0.1, 0.15) is 6.10 Å². The van der Waals surface area contributed by atoms with Crippen molar-refractivity contribution in [1.82, 2.24) is 0 Å². The minimum atomic E-state index is -0.378. The Bertz CT molecular complexity index is 480. The molecule has 1 amide bonds. The van der Waals surface area contributed by atoms with Crippen LogP contribution in [0.1, 0.15) is 39.2 Å². The number of rotatable bonds is 3. The third kappa shape index (κ3) is 3.38. The summed E-state index contributed by atoms with van der Waals surface area (Å²) in [4.78, 5) is 12.3. The molecule has 0 saturated carbocycles. The molecule has 1 heterocycles. The number of amides is 1. The maximum Gasteiger partial charge on any atom is 0.253 e. The summed E-state index contributed by atoms with van der Waals surface area (Å²) >= 11 is 0. The Hall–Kier alpha value is -1.39. The van der Waals surface area contributed by atoms with Crippen molar-refractivity contribution in [2.24, 2.45) is 5.73 Å². The topological polar surface area (TPSA) is 64.4 Å². The first-order valence-corrected chi connectivity index (χ1v) is 7.17. The minimum absolute atomic E-state index is 0.0137. The summed E-state index contributed by atoms with van der Waals surface area (Å²) in [5.74, 6) is -0.0716. The maximum absolute atomic E-state index is 12.3. The number of carbonyl (C=O) groups is 1. The van der Waals surface area contributed by atoms with E-state index in [2.05, 4.69) is 26.1 Å². The Balaban J connectivity index is 2.09. The number of nitrogens with one attached hydrogen (secondary N) is 1. The fourth-order valence-electron chi connectivity index (χ4n) is 2.53. The number of hydrogen-bond donors (Lipinski definition) is 2. The van der Waals surface area contributed by atoms with Gasteiger partial charge in [0.25, 0.3) is 5.91 Å². The van der Waals surface area contributed by atoms with Gasteiger partial charge in [0.2, 0.25) is 0 Å². The van der Waals surface area contributed by atoms with Crippen LogP contribution in [0.25, 0.3) is 0 Å². The first kappa shape index (κ1) is 15.0. The lowest BCUT2D eigenvalue weighted by Crippen LogP contribution is -2.30. The lowest BCUT2D eigenvalue weighted by Gasteiger charge is -2.23. The number of anilines is 1. The normalized spacial score (nSPS) is 22.8. The molecule has 1 aliphatic heterocycles. The van der Waals surface area contributed by atoms with Crippen LogP contribution >= 0.6 is 0 Å². The van der Waals surface area contributed by atoms with Gasteiger partial charge in [-0.1, -0.05) is 39.0 Å². The van der Waals surface area contributed by atoms with Gasteiger partial charge in [-0.2, -0.15) is 0 Å². The summed E-state index contributed by atoms with van der Waals surface area (Å²) < 4.78 is 5.63. The van der Waals surface area contributed by atoms with E-state index in [1.54, 1.807) is 0 Å². The number of carbonyl (C=O) groups excluding carboxylic acids is 1. The molecule has 2 unspecified atom stereocenters. The number of hydrogen-bond acceptors (Lipinski definition) is 3. The van der Waals surface area contributed by atoms with Crippen LogP contribution in [0.2, 0.25) is 0 Å². The fourth-order valence-corrected chi connectivity index (χ4v) is 2.53. The van der Waals surface area contributed by atoms with Crippen molar-refractivity contribution >= 4 is 11.6 Å².